The maximum atomic E-state index is 4.94. The van der Waals surface area contributed by atoms with E-state index in [1.54, 1.807) is 12.4 Å². The van der Waals surface area contributed by atoms with Crippen molar-refractivity contribution in [3.63, 3.8) is 0 Å². The first kappa shape index (κ1) is 22.7. The number of nitrogens with zero attached hydrogens (tertiary/aromatic N) is 6. The normalized spacial score (nSPS) is 15.1. The minimum atomic E-state index is 0.148. The summed E-state index contributed by atoms with van der Waals surface area (Å²) in [5.41, 5.74) is 7.84. The van der Waals surface area contributed by atoms with Crippen molar-refractivity contribution < 1.29 is 0 Å². The summed E-state index contributed by atoms with van der Waals surface area (Å²) in [6.07, 6.45) is 5.68. The fourth-order valence-corrected chi connectivity index (χ4v) is 5.03. The number of piperazine rings is 1. The van der Waals surface area contributed by atoms with E-state index in [9.17, 15) is 0 Å². The molecule has 0 bridgehead atoms. The second-order valence-corrected chi connectivity index (χ2v) is 10.7. The Balaban J connectivity index is 1.17. The molecular formula is C30H32N6. The summed E-state index contributed by atoms with van der Waals surface area (Å²) >= 11 is 0. The van der Waals surface area contributed by atoms with Gasteiger partial charge in [0, 0.05) is 56.9 Å². The van der Waals surface area contributed by atoms with Crippen LogP contribution in [0.5, 0.6) is 0 Å². The van der Waals surface area contributed by atoms with E-state index in [2.05, 4.69) is 112 Å². The maximum absolute atomic E-state index is 4.94. The van der Waals surface area contributed by atoms with Crippen LogP contribution in [0, 0.1) is 0 Å². The summed E-state index contributed by atoms with van der Waals surface area (Å²) < 4.78 is 2.24. The van der Waals surface area contributed by atoms with E-state index in [0.717, 1.165) is 60.7 Å². The van der Waals surface area contributed by atoms with Gasteiger partial charge in [0.2, 0.25) is 0 Å². The van der Waals surface area contributed by atoms with Crippen molar-refractivity contribution in [2.75, 3.05) is 31.1 Å². The van der Waals surface area contributed by atoms with Gasteiger partial charge in [-0.15, -0.1) is 0 Å². The van der Waals surface area contributed by atoms with Crippen molar-refractivity contribution in [1.82, 2.24) is 24.3 Å². The van der Waals surface area contributed by atoms with Crippen LogP contribution in [0.15, 0.2) is 79.3 Å². The summed E-state index contributed by atoms with van der Waals surface area (Å²) in [4.78, 5) is 18.8. The van der Waals surface area contributed by atoms with E-state index in [-0.39, 0.29) is 5.41 Å². The Kier molecular flexibility index (Phi) is 5.69. The van der Waals surface area contributed by atoms with Gasteiger partial charge in [-0.1, -0.05) is 57.2 Å². The summed E-state index contributed by atoms with van der Waals surface area (Å²) in [5.74, 6) is 1.21. The largest absolute Gasteiger partial charge is 0.355 e. The molecule has 6 heteroatoms. The van der Waals surface area contributed by atoms with Crippen LogP contribution in [0.3, 0.4) is 0 Å². The second kappa shape index (κ2) is 9.03. The molecule has 1 aliphatic heterocycles. The third kappa shape index (κ3) is 4.44. The third-order valence-electron chi connectivity index (χ3n) is 7.15. The maximum Gasteiger partial charge on any atom is 0.139 e. The summed E-state index contributed by atoms with van der Waals surface area (Å²) in [6, 6.07) is 21.7. The molecule has 0 aliphatic carbocycles. The SMILES string of the molecule is CC(C)(C)c1ccc(-c2cn3c(N4CCN(Cc5ccc6nccnc6c5)CC4)cccc3n2)cc1. The quantitative estimate of drug-likeness (QED) is 0.340. The average molecular weight is 477 g/mol. The van der Waals surface area contributed by atoms with Crippen LogP contribution >= 0.6 is 0 Å². The number of fused-ring (bicyclic) bond motifs is 2. The summed E-state index contributed by atoms with van der Waals surface area (Å²) in [6.45, 7) is 11.7. The van der Waals surface area contributed by atoms with E-state index in [1.807, 2.05) is 0 Å². The fourth-order valence-electron chi connectivity index (χ4n) is 5.03. The second-order valence-electron chi connectivity index (χ2n) is 10.7. The van der Waals surface area contributed by atoms with E-state index in [4.69, 9.17) is 4.98 Å². The lowest BCUT2D eigenvalue weighted by atomic mass is 9.86. The highest BCUT2D eigenvalue weighted by Crippen LogP contribution is 2.28. The molecule has 1 aliphatic rings. The molecule has 6 nitrogen and oxygen atoms in total. The zero-order valence-corrected chi connectivity index (χ0v) is 21.2. The van der Waals surface area contributed by atoms with E-state index in [1.165, 1.54) is 16.9 Å². The van der Waals surface area contributed by atoms with E-state index >= 15 is 0 Å². The molecule has 3 aromatic heterocycles. The Labute approximate surface area is 212 Å². The van der Waals surface area contributed by atoms with Gasteiger partial charge in [-0.2, -0.15) is 0 Å². The molecule has 36 heavy (non-hydrogen) atoms. The van der Waals surface area contributed by atoms with Gasteiger partial charge >= 0.3 is 0 Å². The molecule has 0 unspecified atom stereocenters. The smallest absolute Gasteiger partial charge is 0.139 e. The van der Waals surface area contributed by atoms with Gasteiger partial charge in [0.15, 0.2) is 0 Å². The molecule has 0 N–H and O–H groups in total. The first-order chi connectivity index (χ1) is 17.4. The Morgan fingerprint density at radius 2 is 1.56 bits per heavy atom. The first-order valence-corrected chi connectivity index (χ1v) is 12.7. The Hall–Kier alpha value is -3.77. The lowest BCUT2D eigenvalue weighted by molar-refractivity contribution is 0.249. The number of imidazole rings is 1. The molecule has 0 amide bonds. The van der Waals surface area contributed by atoms with Gasteiger partial charge in [-0.3, -0.25) is 19.3 Å². The molecule has 0 spiro atoms. The van der Waals surface area contributed by atoms with E-state index < -0.39 is 0 Å². The molecule has 0 saturated carbocycles. The monoisotopic (exact) mass is 476 g/mol. The van der Waals surface area contributed by atoms with Crippen molar-refractivity contribution in [3.05, 3.63) is 90.4 Å². The minimum Gasteiger partial charge on any atom is -0.355 e. The van der Waals surface area contributed by atoms with Gasteiger partial charge < -0.3 is 4.90 Å². The Morgan fingerprint density at radius 1 is 0.806 bits per heavy atom. The van der Waals surface area contributed by atoms with Gasteiger partial charge in [-0.25, -0.2) is 4.98 Å². The van der Waals surface area contributed by atoms with Crippen LogP contribution in [0.2, 0.25) is 0 Å². The van der Waals surface area contributed by atoms with Crippen LogP contribution < -0.4 is 4.90 Å². The van der Waals surface area contributed by atoms with Crippen molar-refractivity contribution in [3.8, 4) is 11.3 Å². The number of anilines is 1. The van der Waals surface area contributed by atoms with Gasteiger partial charge in [0.25, 0.3) is 0 Å². The van der Waals surface area contributed by atoms with Crippen molar-refractivity contribution in [2.45, 2.75) is 32.7 Å². The number of rotatable bonds is 4. The van der Waals surface area contributed by atoms with Crippen LogP contribution in [-0.4, -0.2) is 50.4 Å². The molecule has 5 aromatic rings. The van der Waals surface area contributed by atoms with Crippen LogP contribution in [0.4, 0.5) is 5.82 Å². The van der Waals surface area contributed by atoms with Crippen molar-refractivity contribution in [1.29, 1.82) is 0 Å². The summed E-state index contributed by atoms with van der Waals surface area (Å²) in [5, 5.41) is 0. The predicted molar refractivity (Wildman–Crippen MR) is 146 cm³/mol. The van der Waals surface area contributed by atoms with Gasteiger partial charge in [0.1, 0.15) is 11.5 Å². The molecule has 6 rings (SSSR count). The zero-order chi connectivity index (χ0) is 24.7. The number of benzene rings is 2. The molecule has 2 aromatic carbocycles. The van der Waals surface area contributed by atoms with Crippen molar-refractivity contribution >= 4 is 22.5 Å². The molecule has 0 atom stereocenters. The lowest BCUT2D eigenvalue weighted by Crippen LogP contribution is -2.46. The molecule has 1 fully saturated rings. The summed E-state index contributed by atoms with van der Waals surface area (Å²) in [7, 11) is 0. The highest BCUT2D eigenvalue weighted by Gasteiger charge is 2.20. The Morgan fingerprint density at radius 3 is 2.31 bits per heavy atom. The topological polar surface area (TPSA) is 49.6 Å². The van der Waals surface area contributed by atoms with Crippen LogP contribution in [0.25, 0.3) is 27.9 Å². The highest BCUT2D eigenvalue weighted by molar-refractivity contribution is 5.74. The minimum absolute atomic E-state index is 0.148. The average Bonchev–Trinajstić information content (AvgIpc) is 3.33. The Bertz CT molecular complexity index is 1500. The first-order valence-electron chi connectivity index (χ1n) is 12.7. The lowest BCUT2D eigenvalue weighted by Gasteiger charge is -2.36. The van der Waals surface area contributed by atoms with Crippen LogP contribution in [0.1, 0.15) is 31.9 Å². The van der Waals surface area contributed by atoms with Crippen LogP contribution in [-0.2, 0) is 12.0 Å². The fraction of sp³-hybridized carbons (Fsp3) is 0.300. The zero-order valence-electron chi connectivity index (χ0n) is 21.2. The molecule has 0 radical (unpaired) electrons. The van der Waals surface area contributed by atoms with E-state index in [0.29, 0.717) is 0 Å². The molecule has 1 saturated heterocycles. The highest BCUT2D eigenvalue weighted by atomic mass is 15.3. The molecule has 4 heterocycles. The number of pyridine rings is 1. The predicted octanol–water partition coefficient (Wildman–Crippen LogP) is 5.56. The van der Waals surface area contributed by atoms with Gasteiger partial charge in [-0.05, 0) is 40.8 Å². The number of aromatic nitrogens is 4. The van der Waals surface area contributed by atoms with Gasteiger partial charge in [0.05, 0.1) is 16.7 Å². The molecular weight excluding hydrogens is 444 g/mol. The third-order valence-corrected chi connectivity index (χ3v) is 7.15. The van der Waals surface area contributed by atoms with Crippen molar-refractivity contribution in [2.24, 2.45) is 0 Å². The number of hydrogen-bond donors (Lipinski definition) is 0. The standard InChI is InChI=1S/C30H32N6/c1-30(2,3)24-10-8-23(9-11-24)27-21-36-28(33-27)5-4-6-29(36)35-17-15-34(16-18-35)20-22-7-12-25-26(19-22)32-14-13-31-25/h4-14,19,21H,15-18,20H2,1-3H3. The number of hydrogen-bond acceptors (Lipinski definition) is 5. The molecule has 182 valence electrons.